The lowest BCUT2D eigenvalue weighted by Gasteiger charge is -2.30. The predicted molar refractivity (Wildman–Crippen MR) is 110 cm³/mol. The molecule has 1 aliphatic heterocycles. The normalized spacial score (nSPS) is 17.9. The fourth-order valence-electron chi connectivity index (χ4n) is 3.48. The molecule has 152 valence electrons. The summed E-state index contributed by atoms with van der Waals surface area (Å²) in [5.41, 5.74) is 2.61. The number of morpholine rings is 1. The molecule has 1 fully saturated rings. The van der Waals surface area contributed by atoms with Crippen LogP contribution < -0.4 is 0 Å². The van der Waals surface area contributed by atoms with Crippen molar-refractivity contribution < 1.29 is 13.2 Å². The van der Waals surface area contributed by atoms with Gasteiger partial charge < -0.3 is 4.74 Å². The monoisotopic (exact) mass is 421 g/mol. The summed E-state index contributed by atoms with van der Waals surface area (Å²) in [4.78, 5) is 8.97. The highest BCUT2D eigenvalue weighted by molar-refractivity contribution is 7.89. The van der Waals surface area contributed by atoms with Gasteiger partial charge in [0.05, 0.1) is 11.5 Å². The summed E-state index contributed by atoms with van der Waals surface area (Å²) < 4.78 is 34.8. The van der Waals surface area contributed by atoms with Crippen molar-refractivity contribution in [2.75, 3.05) is 19.7 Å². The van der Waals surface area contributed by atoms with E-state index in [9.17, 15) is 8.42 Å². The second-order valence-electron chi connectivity index (χ2n) is 6.97. The van der Waals surface area contributed by atoms with E-state index < -0.39 is 16.1 Å². The molecule has 4 aromatic rings. The highest BCUT2D eigenvalue weighted by Crippen LogP contribution is 2.26. The second kappa shape index (κ2) is 7.60. The summed E-state index contributed by atoms with van der Waals surface area (Å²) in [6, 6.07) is 16.1. The Bertz CT molecular complexity index is 1280. The Morgan fingerprint density at radius 1 is 1.00 bits per heavy atom. The molecule has 0 radical (unpaired) electrons. The summed E-state index contributed by atoms with van der Waals surface area (Å²) in [5.74, 6) is 0.464. The van der Waals surface area contributed by atoms with Crippen LogP contribution in [0.15, 0.2) is 78.1 Å². The van der Waals surface area contributed by atoms with Crippen molar-refractivity contribution in [1.82, 2.24) is 23.9 Å². The summed E-state index contributed by atoms with van der Waals surface area (Å²) in [6.45, 7) is 0.753. The molecule has 1 aromatic carbocycles. The van der Waals surface area contributed by atoms with E-state index in [2.05, 4.69) is 15.1 Å². The van der Waals surface area contributed by atoms with Crippen molar-refractivity contribution in [3.63, 3.8) is 0 Å². The number of benzene rings is 1. The predicted octanol–water partition coefficient (Wildman–Crippen LogP) is 2.55. The molecule has 0 spiro atoms. The Kier molecular flexibility index (Phi) is 4.78. The molecule has 4 heterocycles. The molecule has 0 saturated carbocycles. The van der Waals surface area contributed by atoms with Gasteiger partial charge in [0.2, 0.25) is 10.0 Å². The average Bonchev–Trinajstić information content (AvgIpc) is 3.24. The Labute approximate surface area is 173 Å². The van der Waals surface area contributed by atoms with Crippen LogP contribution in [-0.2, 0) is 14.8 Å². The Morgan fingerprint density at radius 2 is 1.87 bits per heavy atom. The molecule has 1 saturated heterocycles. The molecule has 0 aliphatic carbocycles. The Balaban J connectivity index is 1.42. The van der Waals surface area contributed by atoms with E-state index in [1.54, 1.807) is 47.2 Å². The minimum atomic E-state index is -3.59. The molecule has 0 bridgehead atoms. The van der Waals surface area contributed by atoms with Crippen LogP contribution in [0.5, 0.6) is 0 Å². The number of fused-ring (bicyclic) bond motifs is 1. The van der Waals surface area contributed by atoms with E-state index in [1.165, 1.54) is 4.31 Å². The van der Waals surface area contributed by atoms with Gasteiger partial charge in [-0.1, -0.05) is 24.3 Å². The lowest BCUT2D eigenvalue weighted by molar-refractivity contribution is -0.00737. The third kappa shape index (κ3) is 3.47. The topological polar surface area (TPSA) is 89.7 Å². The van der Waals surface area contributed by atoms with Crippen molar-refractivity contribution in [1.29, 1.82) is 0 Å². The first kappa shape index (κ1) is 18.9. The number of hydrogen-bond donors (Lipinski definition) is 0. The van der Waals surface area contributed by atoms with E-state index in [0.717, 1.165) is 11.1 Å². The van der Waals surface area contributed by atoms with Crippen LogP contribution in [0, 0.1) is 0 Å². The number of nitrogens with zero attached hydrogens (tertiary/aromatic N) is 5. The van der Waals surface area contributed by atoms with Crippen molar-refractivity contribution in [2.45, 2.75) is 11.0 Å². The van der Waals surface area contributed by atoms with Crippen molar-refractivity contribution in [3.8, 4) is 11.1 Å². The van der Waals surface area contributed by atoms with Crippen LogP contribution in [0.2, 0.25) is 0 Å². The Hall–Kier alpha value is -3.14. The minimum absolute atomic E-state index is 0.170. The van der Waals surface area contributed by atoms with E-state index in [0.29, 0.717) is 18.0 Å². The van der Waals surface area contributed by atoms with Crippen LogP contribution in [0.25, 0.3) is 16.8 Å². The van der Waals surface area contributed by atoms with Crippen molar-refractivity contribution in [2.24, 2.45) is 0 Å². The van der Waals surface area contributed by atoms with Crippen molar-refractivity contribution in [3.05, 3.63) is 79.0 Å². The van der Waals surface area contributed by atoms with Crippen LogP contribution in [0.4, 0.5) is 0 Å². The zero-order chi connectivity index (χ0) is 20.6. The summed E-state index contributed by atoms with van der Waals surface area (Å²) >= 11 is 0. The molecule has 1 aliphatic rings. The standard InChI is InChI=1S/C21H19N5O3S/c27-30(28,18-6-2-1-3-7-18)25-11-12-29-19(15-25)21-23-20-9-8-17(14-26(20)24-21)16-5-4-10-22-13-16/h1-10,13-14,19H,11-12,15H2/t19-/m1/s1. The quantitative estimate of drug-likeness (QED) is 0.503. The minimum Gasteiger partial charge on any atom is -0.367 e. The number of sulfonamides is 1. The summed E-state index contributed by atoms with van der Waals surface area (Å²) in [7, 11) is -3.59. The number of aromatic nitrogens is 4. The third-order valence-corrected chi connectivity index (χ3v) is 6.92. The highest BCUT2D eigenvalue weighted by Gasteiger charge is 2.33. The molecule has 0 unspecified atom stereocenters. The zero-order valence-electron chi connectivity index (χ0n) is 16.0. The molecule has 0 amide bonds. The molecular weight excluding hydrogens is 402 g/mol. The van der Waals surface area contributed by atoms with Gasteiger partial charge in [-0.3, -0.25) is 4.98 Å². The summed E-state index contributed by atoms with van der Waals surface area (Å²) in [6.07, 6.45) is 4.87. The first-order valence-electron chi connectivity index (χ1n) is 9.55. The van der Waals surface area contributed by atoms with Gasteiger partial charge in [0.1, 0.15) is 6.10 Å². The third-order valence-electron chi connectivity index (χ3n) is 5.04. The van der Waals surface area contributed by atoms with Gasteiger partial charge in [-0.05, 0) is 30.3 Å². The number of ether oxygens (including phenoxy) is 1. The van der Waals surface area contributed by atoms with Gasteiger partial charge in [0.15, 0.2) is 11.5 Å². The zero-order valence-corrected chi connectivity index (χ0v) is 16.8. The van der Waals surface area contributed by atoms with Gasteiger partial charge in [-0.15, -0.1) is 5.10 Å². The lowest BCUT2D eigenvalue weighted by atomic mass is 10.1. The van der Waals surface area contributed by atoms with Gasteiger partial charge in [0.25, 0.3) is 0 Å². The maximum Gasteiger partial charge on any atom is 0.243 e. The molecule has 30 heavy (non-hydrogen) atoms. The first-order valence-corrected chi connectivity index (χ1v) is 11.0. The second-order valence-corrected chi connectivity index (χ2v) is 8.91. The van der Waals surface area contributed by atoms with Crippen LogP contribution in [0.3, 0.4) is 0 Å². The first-order chi connectivity index (χ1) is 14.6. The highest BCUT2D eigenvalue weighted by atomic mass is 32.2. The van der Waals surface area contributed by atoms with Gasteiger partial charge in [0, 0.05) is 42.8 Å². The maximum atomic E-state index is 13.0. The van der Waals surface area contributed by atoms with E-state index in [-0.39, 0.29) is 18.0 Å². The molecular formula is C21H19N5O3S. The fraction of sp³-hybridized carbons (Fsp3) is 0.190. The molecule has 9 heteroatoms. The van der Waals surface area contributed by atoms with Gasteiger partial charge >= 0.3 is 0 Å². The van der Waals surface area contributed by atoms with Crippen LogP contribution in [-0.4, -0.2) is 52.0 Å². The number of pyridine rings is 2. The van der Waals surface area contributed by atoms with Crippen LogP contribution in [0.1, 0.15) is 11.9 Å². The molecule has 0 N–H and O–H groups in total. The van der Waals surface area contributed by atoms with E-state index >= 15 is 0 Å². The average molecular weight is 421 g/mol. The molecule has 1 atom stereocenters. The summed E-state index contributed by atoms with van der Waals surface area (Å²) in [5, 5.41) is 4.55. The van der Waals surface area contributed by atoms with Crippen molar-refractivity contribution >= 4 is 15.7 Å². The van der Waals surface area contributed by atoms with E-state index in [1.807, 2.05) is 30.5 Å². The van der Waals surface area contributed by atoms with Crippen LogP contribution >= 0.6 is 0 Å². The number of hydrogen-bond acceptors (Lipinski definition) is 6. The lowest BCUT2D eigenvalue weighted by Crippen LogP contribution is -2.42. The molecule has 3 aromatic heterocycles. The molecule has 8 nitrogen and oxygen atoms in total. The number of rotatable bonds is 4. The smallest absolute Gasteiger partial charge is 0.243 e. The molecule has 5 rings (SSSR count). The SMILES string of the molecule is O=S(=O)(c1ccccc1)N1CCO[C@@H](c2nc3ccc(-c4cccnc4)cn3n2)C1. The van der Waals surface area contributed by atoms with Gasteiger partial charge in [-0.25, -0.2) is 17.9 Å². The largest absolute Gasteiger partial charge is 0.367 e. The maximum absolute atomic E-state index is 13.0. The Morgan fingerprint density at radius 3 is 2.67 bits per heavy atom. The van der Waals surface area contributed by atoms with Gasteiger partial charge in [-0.2, -0.15) is 4.31 Å². The fourth-order valence-corrected chi connectivity index (χ4v) is 4.93. The van der Waals surface area contributed by atoms with E-state index in [4.69, 9.17) is 4.74 Å².